The molecule has 58 heavy (non-hydrogen) atoms. The molecule has 10 rings (SSSR count). The van der Waals surface area contributed by atoms with Crippen LogP contribution in [0.15, 0.2) is 188 Å². The second kappa shape index (κ2) is 14.6. The van der Waals surface area contributed by atoms with E-state index in [0.29, 0.717) is 17.5 Å². The number of nitrogens with zero attached hydrogens (tertiary/aromatic N) is 4. The van der Waals surface area contributed by atoms with Gasteiger partial charge in [-0.05, 0) is 51.6 Å². The Kier molecular flexibility index (Phi) is 8.69. The Morgan fingerprint density at radius 2 is 0.707 bits per heavy atom. The van der Waals surface area contributed by atoms with Crippen LogP contribution in [0.3, 0.4) is 0 Å². The van der Waals surface area contributed by atoms with Crippen molar-refractivity contribution < 1.29 is 0 Å². The van der Waals surface area contributed by atoms with Crippen LogP contribution in [0.4, 0.5) is 0 Å². The van der Waals surface area contributed by atoms with E-state index in [1.807, 2.05) is 78.9 Å². The van der Waals surface area contributed by atoms with Crippen LogP contribution in [0, 0.1) is 10.8 Å². The second-order valence-electron chi connectivity index (χ2n) is 14.2. The number of benzene rings is 7. The monoisotopic (exact) mass is 742 g/mol. The lowest BCUT2D eigenvalue weighted by atomic mass is 9.87. The molecule has 0 saturated heterocycles. The Balaban J connectivity index is 1.03. The van der Waals surface area contributed by atoms with Gasteiger partial charge in [0.15, 0.2) is 17.5 Å². The van der Waals surface area contributed by atoms with Crippen LogP contribution in [0.1, 0.15) is 11.1 Å². The third-order valence-electron chi connectivity index (χ3n) is 10.6. The van der Waals surface area contributed by atoms with Crippen LogP contribution in [0.2, 0.25) is 0 Å². The first-order valence-electron chi connectivity index (χ1n) is 19.1. The zero-order valence-electron chi connectivity index (χ0n) is 31.3. The summed E-state index contributed by atoms with van der Waals surface area (Å²) in [5.74, 6) is 1.78. The van der Waals surface area contributed by atoms with Gasteiger partial charge in [0.1, 0.15) is 0 Å². The predicted octanol–water partition coefficient (Wildman–Crippen LogP) is 12.5. The Hall–Kier alpha value is -7.96. The van der Waals surface area contributed by atoms with Gasteiger partial charge in [0.05, 0.1) is 22.6 Å². The average Bonchev–Trinajstić information content (AvgIpc) is 3.30. The molecular formula is C52H34N6. The fourth-order valence-electron chi connectivity index (χ4n) is 7.55. The molecule has 6 nitrogen and oxygen atoms in total. The number of hydrogen-bond donors (Lipinski definition) is 2. The molecule has 0 bridgehead atoms. The summed E-state index contributed by atoms with van der Waals surface area (Å²) in [5.41, 5.74) is 13.8. The molecule has 6 heteroatoms. The van der Waals surface area contributed by atoms with Crippen LogP contribution in [0.5, 0.6) is 0 Å². The molecule has 0 aliphatic heterocycles. The molecule has 2 aromatic heterocycles. The average molecular weight is 743 g/mol. The van der Waals surface area contributed by atoms with Gasteiger partial charge in [-0.2, -0.15) is 0 Å². The van der Waals surface area contributed by atoms with E-state index >= 15 is 0 Å². The number of fused-ring (bicyclic) bond motifs is 3. The lowest BCUT2D eigenvalue weighted by Crippen LogP contribution is -2.17. The Morgan fingerprint density at radius 3 is 1.17 bits per heavy atom. The number of rotatable bonds is 7. The van der Waals surface area contributed by atoms with Gasteiger partial charge in [-0.3, -0.25) is 10.8 Å². The van der Waals surface area contributed by atoms with Gasteiger partial charge in [0.25, 0.3) is 0 Å². The van der Waals surface area contributed by atoms with Crippen LogP contribution in [-0.4, -0.2) is 31.4 Å². The third kappa shape index (κ3) is 6.48. The minimum atomic E-state index is 0.191. The van der Waals surface area contributed by atoms with Crippen LogP contribution in [0.25, 0.3) is 95.8 Å². The number of hydrogen-bond acceptors (Lipinski definition) is 6. The highest BCUT2D eigenvalue weighted by molar-refractivity contribution is 6.54. The number of allylic oxidation sites excluding steroid dienone is 1. The van der Waals surface area contributed by atoms with Gasteiger partial charge in [0, 0.05) is 38.8 Å². The summed E-state index contributed by atoms with van der Waals surface area (Å²) in [7, 11) is 0. The lowest BCUT2D eigenvalue weighted by molar-refractivity contribution is 1.07. The third-order valence-corrected chi connectivity index (χ3v) is 10.6. The molecule has 272 valence electrons. The van der Waals surface area contributed by atoms with Crippen molar-refractivity contribution in [2.24, 2.45) is 0 Å². The molecule has 2 heterocycles. The fraction of sp³-hybridized carbons (Fsp3) is 0. The number of nitrogens with one attached hydrogen (secondary N) is 2. The van der Waals surface area contributed by atoms with Crippen molar-refractivity contribution in [3.63, 3.8) is 0 Å². The minimum absolute atomic E-state index is 0.191. The van der Waals surface area contributed by atoms with Crippen molar-refractivity contribution in [2.45, 2.75) is 0 Å². The molecule has 7 aromatic carbocycles. The molecule has 1 aliphatic carbocycles. The molecule has 0 radical (unpaired) electrons. The molecule has 0 atom stereocenters. The highest BCUT2D eigenvalue weighted by Crippen LogP contribution is 2.36. The fourth-order valence-corrected chi connectivity index (χ4v) is 7.55. The summed E-state index contributed by atoms with van der Waals surface area (Å²) in [6.07, 6.45) is 3.59. The second-order valence-corrected chi connectivity index (χ2v) is 14.2. The summed E-state index contributed by atoms with van der Waals surface area (Å²) in [6.45, 7) is 0. The maximum absolute atomic E-state index is 8.85. The summed E-state index contributed by atoms with van der Waals surface area (Å²) in [4.78, 5) is 20.2. The quantitative estimate of drug-likeness (QED) is 0.170. The van der Waals surface area contributed by atoms with Crippen molar-refractivity contribution in [1.29, 1.82) is 10.8 Å². The van der Waals surface area contributed by atoms with Gasteiger partial charge in [-0.25, -0.2) is 19.9 Å². The van der Waals surface area contributed by atoms with Crippen LogP contribution >= 0.6 is 0 Å². The smallest absolute Gasteiger partial charge is 0.164 e. The molecule has 9 aromatic rings. The highest BCUT2D eigenvalue weighted by atomic mass is 15.0. The first-order chi connectivity index (χ1) is 28.6. The van der Waals surface area contributed by atoms with Gasteiger partial charge >= 0.3 is 0 Å². The maximum Gasteiger partial charge on any atom is 0.164 e. The summed E-state index contributed by atoms with van der Waals surface area (Å²) < 4.78 is 0. The van der Waals surface area contributed by atoms with E-state index in [9.17, 15) is 0 Å². The molecule has 0 amide bonds. The highest BCUT2D eigenvalue weighted by Gasteiger charge is 2.23. The molecule has 0 spiro atoms. The Labute approximate surface area is 336 Å². The SMILES string of the molecule is N=C1C=Cc2c(-c3ccccc3)nc3cc(-c4ccc(-c5nc(-c6ccc(-c7ccccc7)cc6)nc(-c6ccc(-c7ccccc7)cc6)n5)cc4)ccc3c2C1=N. The van der Waals surface area contributed by atoms with Crippen LogP contribution in [-0.2, 0) is 0 Å². The molecule has 2 N–H and O–H groups in total. The number of aromatic nitrogens is 4. The van der Waals surface area contributed by atoms with E-state index in [2.05, 4.69) is 109 Å². The van der Waals surface area contributed by atoms with E-state index < -0.39 is 0 Å². The number of pyridine rings is 1. The summed E-state index contributed by atoms with van der Waals surface area (Å²) in [6, 6.07) is 61.9. The summed E-state index contributed by atoms with van der Waals surface area (Å²) >= 11 is 0. The largest absolute Gasteiger partial charge is 0.299 e. The van der Waals surface area contributed by atoms with Crippen molar-refractivity contribution in [3.05, 3.63) is 199 Å². The van der Waals surface area contributed by atoms with Crippen molar-refractivity contribution in [1.82, 2.24) is 19.9 Å². The normalized spacial score (nSPS) is 12.1. The van der Waals surface area contributed by atoms with Crippen molar-refractivity contribution >= 4 is 28.4 Å². The maximum atomic E-state index is 8.85. The summed E-state index contributed by atoms with van der Waals surface area (Å²) in [5, 5.41) is 18.1. The zero-order valence-corrected chi connectivity index (χ0v) is 31.3. The van der Waals surface area contributed by atoms with Gasteiger partial charge in [-0.15, -0.1) is 0 Å². The van der Waals surface area contributed by atoms with Crippen molar-refractivity contribution in [3.8, 4) is 78.8 Å². The molecule has 0 saturated carbocycles. The van der Waals surface area contributed by atoms with Gasteiger partial charge < -0.3 is 0 Å². The topological polar surface area (TPSA) is 99.3 Å². The minimum Gasteiger partial charge on any atom is -0.299 e. The molecule has 0 fully saturated rings. The Bertz CT molecular complexity index is 2930. The molecular weight excluding hydrogens is 709 g/mol. The first-order valence-corrected chi connectivity index (χ1v) is 19.1. The first kappa shape index (κ1) is 34.5. The van der Waals surface area contributed by atoms with E-state index in [1.54, 1.807) is 6.08 Å². The standard InChI is InChI=1S/C52H34N6/c53-45-31-30-44-47(48(45)54)43-29-28-42(32-46(43)55-49(44)38-14-8-3-9-15-38)37-20-26-41(27-21-37)52-57-50(39-22-16-35(17-23-39)33-10-4-1-5-11-33)56-51(58-52)40-24-18-36(19-25-40)34-12-6-2-7-13-34/h1-32,53-54H. The molecule has 0 unspecified atom stereocenters. The molecule has 1 aliphatic rings. The van der Waals surface area contributed by atoms with Crippen LogP contribution < -0.4 is 0 Å². The zero-order chi connectivity index (χ0) is 39.0. The lowest BCUT2D eigenvalue weighted by Gasteiger charge is -2.19. The van der Waals surface area contributed by atoms with Gasteiger partial charge in [0.2, 0.25) is 0 Å². The van der Waals surface area contributed by atoms with E-state index in [0.717, 1.165) is 83.4 Å². The van der Waals surface area contributed by atoms with E-state index in [-0.39, 0.29) is 11.4 Å². The van der Waals surface area contributed by atoms with E-state index in [1.165, 1.54) is 0 Å². The predicted molar refractivity (Wildman–Crippen MR) is 237 cm³/mol. The Morgan fingerprint density at radius 1 is 0.328 bits per heavy atom. The van der Waals surface area contributed by atoms with Gasteiger partial charge in [-0.1, -0.05) is 176 Å². The van der Waals surface area contributed by atoms with Crippen molar-refractivity contribution in [2.75, 3.05) is 0 Å². The van der Waals surface area contributed by atoms with E-state index in [4.69, 9.17) is 30.8 Å².